The van der Waals surface area contributed by atoms with Gasteiger partial charge >= 0.3 is 11.9 Å². The van der Waals surface area contributed by atoms with E-state index in [-0.39, 0.29) is 5.75 Å². The molecule has 28 heavy (non-hydrogen) atoms. The highest BCUT2D eigenvalue weighted by molar-refractivity contribution is 14.1. The normalized spacial score (nSPS) is 11.2. The molecule has 2 aromatic carbocycles. The van der Waals surface area contributed by atoms with Gasteiger partial charge in [0.25, 0.3) is 0 Å². The Hall–Kier alpha value is -2.26. The topological polar surface area (TPSA) is 110 Å². The van der Waals surface area contributed by atoms with Crippen LogP contribution < -0.4 is 9.47 Å². The Labute approximate surface area is 168 Å². The van der Waals surface area contributed by atoms with E-state index >= 15 is 0 Å². The van der Waals surface area contributed by atoms with E-state index < -0.39 is 61.5 Å². The van der Waals surface area contributed by atoms with Crippen LogP contribution in [0.5, 0.6) is 11.5 Å². The van der Waals surface area contributed by atoms with Crippen LogP contribution in [0.3, 0.4) is 0 Å². The molecule has 0 N–H and O–H groups in total. The van der Waals surface area contributed by atoms with Gasteiger partial charge in [-0.25, -0.2) is 22.0 Å². The van der Waals surface area contributed by atoms with E-state index in [4.69, 9.17) is 4.74 Å². The van der Waals surface area contributed by atoms with Crippen molar-refractivity contribution in [3.8, 4) is 11.5 Å². The van der Waals surface area contributed by atoms with Crippen LogP contribution >= 0.6 is 22.6 Å². The molecule has 0 radical (unpaired) electrons. The van der Waals surface area contributed by atoms with E-state index in [0.29, 0.717) is 3.57 Å². The first-order chi connectivity index (χ1) is 12.8. The van der Waals surface area contributed by atoms with Gasteiger partial charge in [-0.15, -0.1) is 0 Å². The lowest BCUT2D eigenvalue weighted by Gasteiger charge is -2.14. The monoisotopic (exact) mass is 533 g/mol. The number of hydrogen-bond donors (Lipinski definition) is 0. The maximum Gasteiger partial charge on any atom is 0.343 e. The number of rotatable bonds is 4. The first-order valence-corrected chi connectivity index (χ1v) is 9.35. The van der Waals surface area contributed by atoms with Crippen LogP contribution in [0.25, 0.3) is 0 Å². The molecule has 0 bridgehead atoms. The second kappa shape index (κ2) is 8.00. The average Bonchev–Trinajstić information content (AvgIpc) is 2.57. The molecule has 0 fully saturated rings. The van der Waals surface area contributed by atoms with Gasteiger partial charge in [-0.3, -0.25) is 4.79 Å². The third kappa shape index (κ3) is 4.41. The third-order valence-electron chi connectivity index (χ3n) is 3.05. The highest BCUT2D eigenvalue weighted by Gasteiger charge is 2.31. The smallest absolute Gasteiger partial charge is 0.343 e. The summed E-state index contributed by atoms with van der Waals surface area (Å²) in [5, 5.41) is 0. The molecule has 0 unspecified atom stereocenters. The SMILES string of the molecule is CC(=O)Oc1cc(C(=O)Oc2c(F)c(F)c(S(=O)(=O)[O-])c(F)c2F)ccc1I. The summed E-state index contributed by atoms with van der Waals surface area (Å²) in [6.07, 6.45) is 0. The largest absolute Gasteiger partial charge is 0.744 e. The molecule has 0 aliphatic carbocycles. The average molecular weight is 533 g/mol. The van der Waals surface area contributed by atoms with Crippen LogP contribution in [-0.2, 0) is 14.9 Å². The van der Waals surface area contributed by atoms with Crippen molar-refractivity contribution < 1.29 is 49.6 Å². The van der Waals surface area contributed by atoms with Gasteiger partial charge in [-0.2, -0.15) is 8.78 Å². The van der Waals surface area contributed by atoms with E-state index in [1.165, 1.54) is 6.07 Å². The molecule has 13 heteroatoms. The van der Waals surface area contributed by atoms with Gasteiger partial charge in [0.05, 0.1) is 9.13 Å². The van der Waals surface area contributed by atoms with Crippen molar-refractivity contribution in [3.05, 3.63) is 50.6 Å². The number of ether oxygens (including phenoxy) is 2. The molecule has 0 amide bonds. The van der Waals surface area contributed by atoms with Gasteiger partial charge in [0.15, 0.2) is 11.6 Å². The number of benzene rings is 2. The molecule has 0 saturated carbocycles. The van der Waals surface area contributed by atoms with Crippen LogP contribution in [0.2, 0.25) is 0 Å². The van der Waals surface area contributed by atoms with Gasteiger partial charge < -0.3 is 14.0 Å². The Morgan fingerprint density at radius 3 is 2.00 bits per heavy atom. The standard InChI is InChI=1S/C15H7F4IO7S/c1-5(21)26-8-4-6(2-3-7(8)20)15(22)27-13-9(16)11(18)14(28(23,24)25)12(19)10(13)17/h2-4H,1H3,(H,23,24,25)/p-1. The molecular weight excluding hydrogens is 527 g/mol. The fourth-order valence-corrected chi connectivity index (χ4v) is 2.98. The molecule has 150 valence electrons. The number of carbonyl (C=O) groups is 2. The van der Waals surface area contributed by atoms with Crippen molar-refractivity contribution in [2.75, 3.05) is 0 Å². The number of hydrogen-bond acceptors (Lipinski definition) is 7. The van der Waals surface area contributed by atoms with E-state index in [2.05, 4.69) is 4.74 Å². The Balaban J connectivity index is 2.50. The quantitative estimate of drug-likeness (QED) is 0.149. The van der Waals surface area contributed by atoms with Gasteiger partial charge in [0.2, 0.25) is 17.4 Å². The second-order valence-electron chi connectivity index (χ2n) is 5.00. The van der Waals surface area contributed by atoms with Gasteiger partial charge in [0.1, 0.15) is 20.8 Å². The molecule has 0 saturated heterocycles. The highest BCUT2D eigenvalue weighted by Crippen LogP contribution is 2.33. The molecule has 0 spiro atoms. The predicted molar refractivity (Wildman–Crippen MR) is 89.7 cm³/mol. The van der Waals surface area contributed by atoms with E-state index in [1.54, 1.807) is 22.6 Å². The lowest BCUT2D eigenvalue weighted by Crippen LogP contribution is -2.16. The van der Waals surface area contributed by atoms with Crippen molar-refractivity contribution in [2.45, 2.75) is 11.8 Å². The van der Waals surface area contributed by atoms with Crippen molar-refractivity contribution in [3.63, 3.8) is 0 Å². The zero-order valence-electron chi connectivity index (χ0n) is 13.4. The third-order valence-corrected chi connectivity index (χ3v) is 4.80. The maximum atomic E-state index is 13.9. The molecular formula is C15H6F4IO7S-. The molecule has 2 aromatic rings. The minimum Gasteiger partial charge on any atom is -0.744 e. The van der Waals surface area contributed by atoms with Crippen molar-refractivity contribution in [1.29, 1.82) is 0 Å². The molecule has 0 heterocycles. The second-order valence-corrected chi connectivity index (χ2v) is 7.48. The van der Waals surface area contributed by atoms with Crippen molar-refractivity contribution in [1.82, 2.24) is 0 Å². The Bertz CT molecular complexity index is 1070. The zero-order valence-corrected chi connectivity index (χ0v) is 16.4. The Morgan fingerprint density at radius 1 is 1.00 bits per heavy atom. The van der Waals surface area contributed by atoms with Crippen molar-refractivity contribution >= 4 is 44.6 Å². The number of halogens is 5. The van der Waals surface area contributed by atoms with Gasteiger partial charge in [-0.1, -0.05) is 0 Å². The summed E-state index contributed by atoms with van der Waals surface area (Å²) in [6.45, 7) is 1.07. The maximum absolute atomic E-state index is 13.9. The summed E-state index contributed by atoms with van der Waals surface area (Å²) in [5.41, 5.74) is -0.420. The Kier molecular flexibility index (Phi) is 6.30. The van der Waals surface area contributed by atoms with E-state index in [9.17, 15) is 40.1 Å². The molecule has 7 nitrogen and oxygen atoms in total. The van der Waals surface area contributed by atoms with Gasteiger partial charge in [-0.05, 0) is 40.8 Å². The van der Waals surface area contributed by atoms with Crippen LogP contribution in [0.1, 0.15) is 17.3 Å². The summed E-state index contributed by atoms with van der Waals surface area (Å²) in [6, 6.07) is 3.33. The number of esters is 2. The first-order valence-electron chi connectivity index (χ1n) is 6.86. The minimum atomic E-state index is -5.90. The first kappa shape index (κ1) is 22.0. The van der Waals surface area contributed by atoms with Crippen LogP contribution in [-0.4, -0.2) is 24.9 Å². The molecule has 0 aliphatic rings. The minimum absolute atomic E-state index is 0.103. The Morgan fingerprint density at radius 2 is 1.54 bits per heavy atom. The summed E-state index contributed by atoms with van der Waals surface area (Å²) in [4.78, 5) is 20.7. The zero-order chi connectivity index (χ0) is 21.4. The van der Waals surface area contributed by atoms with Crippen LogP contribution in [0, 0.1) is 26.8 Å². The fourth-order valence-electron chi connectivity index (χ4n) is 1.92. The highest BCUT2D eigenvalue weighted by atomic mass is 127. The number of carbonyl (C=O) groups excluding carboxylic acids is 2. The lowest BCUT2D eigenvalue weighted by atomic mass is 10.2. The molecule has 0 aliphatic heterocycles. The van der Waals surface area contributed by atoms with E-state index in [0.717, 1.165) is 19.1 Å². The lowest BCUT2D eigenvalue weighted by molar-refractivity contribution is -0.131. The summed E-state index contributed by atoms with van der Waals surface area (Å²) in [7, 11) is -5.90. The van der Waals surface area contributed by atoms with Gasteiger partial charge in [0, 0.05) is 6.92 Å². The molecule has 2 rings (SSSR count). The van der Waals surface area contributed by atoms with E-state index in [1.807, 2.05) is 0 Å². The van der Waals surface area contributed by atoms with Crippen molar-refractivity contribution in [2.24, 2.45) is 0 Å². The van der Waals surface area contributed by atoms with Crippen LogP contribution in [0.15, 0.2) is 23.1 Å². The fraction of sp³-hybridized carbons (Fsp3) is 0.0667. The summed E-state index contributed by atoms with van der Waals surface area (Å²) in [5.74, 6) is -14.1. The molecule has 0 atom stereocenters. The predicted octanol–water partition coefficient (Wildman–Crippen LogP) is 2.90. The summed E-state index contributed by atoms with van der Waals surface area (Å²) >= 11 is 1.75. The molecule has 0 aromatic heterocycles. The summed E-state index contributed by atoms with van der Waals surface area (Å²) < 4.78 is 97.0. The van der Waals surface area contributed by atoms with Crippen LogP contribution in [0.4, 0.5) is 17.6 Å².